The minimum atomic E-state index is -0.165. The van der Waals surface area contributed by atoms with Gasteiger partial charge in [0, 0.05) is 6.54 Å². The van der Waals surface area contributed by atoms with Gasteiger partial charge in [0.2, 0.25) is 5.91 Å². The minimum absolute atomic E-state index is 0.0146. The molecule has 1 unspecified atom stereocenters. The fourth-order valence-corrected chi connectivity index (χ4v) is 1.95. The second-order valence-electron chi connectivity index (χ2n) is 5.09. The van der Waals surface area contributed by atoms with Crippen molar-refractivity contribution in [2.24, 2.45) is 11.1 Å². The first kappa shape index (κ1) is 10.5. The van der Waals surface area contributed by atoms with Gasteiger partial charge in [0.15, 0.2) is 0 Å². The quantitative estimate of drug-likeness (QED) is 0.516. The molecule has 0 aromatic carbocycles. The SMILES string of the molecule is CC(C)(C)[13CH2]N1CCCC1C([15NH2])=O. The molecule has 0 aromatic heterocycles. The Morgan fingerprint density at radius 2 is 2.15 bits per heavy atom. The highest BCUT2D eigenvalue weighted by atomic mass is 16.2. The van der Waals surface area contributed by atoms with Gasteiger partial charge in [0.25, 0.3) is 0 Å². The molecule has 1 fully saturated rings. The van der Waals surface area contributed by atoms with Crippen LogP contribution in [-0.2, 0) is 4.79 Å². The number of primary amides is 1. The molecule has 0 aromatic rings. The second kappa shape index (κ2) is 3.66. The van der Waals surface area contributed by atoms with Crippen molar-refractivity contribution in [3.05, 3.63) is 0 Å². The number of nitrogens with zero attached hydrogens (tertiary/aromatic N) is 1. The normalized spacial score (nSPS) is 25.0. The van der Waals surface area contributed by atoms with Crippen molar-refractivity contribution in [3.8, 4) is 0 Å². The van der Waals surface area contributed by atoms with Gasteiger partial charge in [-0.1, -0.05) is 20.8 Å². The summed E-state index contributed by atoms with van der Waals surface area (Å²) in [7, 11) is 0. The number of carbonyl (C=O) groups is 1. The van der Waals surface area contributed by atoms with Crippen molar-refractivity contribution in [2.75, 3.05) is 13.1 Å². The summed E-state index contributed by atoms with van der Waals surface area (Å²) in [4.78, 5) is 13.3. The number of likely N-dealkylation sites (tertiary alicyclic amines) is 1. The van der Waals surface area contributed by atoms with Crippen LogP contribution in [-0.4, -0.2) is 29.9 Å². The van der Waals surface area contributed by atoms with E-state index >= 15 is 0 Å². The second-order valence-corrected chi connectivity index (χ2v) is 5.09. The van der Waals surface area contributed by atoms with Crippen LogP contribution < -0.4 is 5.73 Å². The lowest BCUT2D eigenvalue weighted by molar-refractivity contribution is -0.122. The number of carbonyl (C=O) groups excluding carboxylic acids is 1. The van der Waals surface area contributed by atoms with E-state index in [1.807, 2.05) is 0 Å². The summed E-state index contributed by atoms with van der Waals surface area (Å²) >= 11 is 0. The van der Waals surface area contributed by atoms with Crippen LogP contribution >= 0.6 is 0 Å². The van der Waals surface area contributed by atoms with Crippen molar-refractivity contribution in [2.45, 2.75) is 39.7 Å². The monoisotopic (exact) mass is 186 g/mol. The van der Waals surface area contributed by atoms with Crippen molar-refractivity contribution in [1.82, 2.24) is 4.90 Å². The summed E-state index contributed by atoms with van der Waals surface area (Å²) in [5.41, 5.74) is 5.57. The first-order valence-electron chi connectivity index (χ1n) is 4.93. The predicted molar refractivity (Wildman–Crippen MR) is 53.2 cm³/mol. The molecule has 1 rings (SSSR count). The third kappa shape index (κ3) is 2.99. The molecule has 3 nitrogen and oxygen atoms in total. The van der Waals surface area contributed by atoms with Crippen LogP contribution in [0.5, 0.6) is 0 Å². The summed E-state index contributed by atoms with van der Waals surface area (Å²) in [6.07, 6.45) is 2.04. The highest BCUT2D eigenvalue weighted by Gasteiger charge is 2.31. The van der Waals surface area contributed by atoms with Crippen LogP contribution in [0.3, 0.4) is 0 Å². The van der Waals surface area contributed by atoms with E-state index in [9.17, 15) is 4.79 Å². The number of hydrogen-bond donors (Lipinski definition) is 1. The van der Waals surface area contributed by atoms with Crippen LogP contribution in [0, 0.1) is 5.41 Å². The van der Waals surface area contributed by atoms with E-state index in [1.54, 1.807) is 0 Å². The Hall–Kier alpha value is -0.570. The molecule has 1 aliphatic rings. The lowest BCUT2D eigenvalue weighted by Gasteiger charge is -2.29. The molecule has 3 heteroatoms. The number of amides is 1. The zero-order valence-corrected chi connectivity index (χ0v) is 8.84. The lowest BCUT2D eigenvalue weighted by atomic mass is 10.1. The van der Waals surface area contributed by atoms with E-state index in [-0.39, 0.29) is 17.4 Å². The largest absolute Gasteiger partial charge is 0.368 e. The summed E-state index contributed by atoms with van der Waals surface area (Å²) in [5.74, 6) is -0.165. The molecule has 1 amide bonds. The van der Waals surface area contributed by atoms with E-state index in [1.165, 1.54) is 0 Å². The molecule has 2 N–H and O–H groups in total. The smallest absolute Gasteiger partial charge is 0.234 e. The maximum atomic E-state index is 11.1. The zero-order chi connectivity index (χ0) is 10.1. The molecular formula is C10H20N2O. The first-order valence-corrected chi connectivity index (χ1v) is 4.93. The predicted octanol–water partition coefficient (Wildman–Crippen LogP) is 0.982. The summed E-state index contributed by atoms with van der Waals surface area (Å²) < 4.78 is 0. The summed E-state index contributed by atoms with van der Waals surface area (Å²) in [5, 5.41) is 0. The molecule has 1 atom stereocenters. The minimum Gasteiger partial charge on any atom is -0.368 e. The van der Waals surface area contributed by atoms with Gasteiger partial charge in [0.05, 0.1) is 6.04 Å². The number of rotatable bonds is 2. The highest BCUT2D eigenvalue weighted by molar-refractivity contribution is 5.80. The maximum Gasteiger partial charge on any atom is 0.234 e. The summed E-state index contributed by atoms with van der Waals surface area (Å²) in [6.45, 7) is 8.53. The topological polar surface area (TPSA) is 46.3 Å². The van der Waals surface area contributed by atoms with E-state index in [4.69, 9.17) is 5.73 Å². The van der Waals surface area contributed by atoms with E-state index in [2.05, 4.69) is 25.7 Å². The fraction of sp³-hybridized carbons (Fsp3) is 0.900. The van der Waals surface area contributed by atoms with Crippen LogP contribution in [0.2, 0.25) is 0 Å². The van der Waals surface area contributed by atoms with Crippen LogP contribution in [0.4, 0.5) is 0 Å². The molecule has 0 bridgehead atoms. The Labute approximate surface area is 80.3 Å². The molecule has 1 heterocycles. The average Bonchev–Trinajstić information content (AvgIpc) is 2.31. The Kier molecular flexibility index (Phi) is 2.96. The molecule has 0 radical (unpaired) electrons. The van der Waals surface area contributed by atoms with E-state index in [0.717, 1.165) is 25.9 Å². The standard InChI is InChI=1S/C10H20N2O/c1-10(2,3)7-12-6-4-5-8(12)9(11)13/h8H,4-7H2,1-3H3,(H2,11,13)/i7+1,11+1. The Balaban J connectivity index is 2.54. The third-order valence-corrected chi connectivity index (χ3v) is 2.37. The Morgan fingerprint density at radius 1 is 1.54 bits per heavy atom. The maximum absolute atomic E-state index is 11.1. The lowest BCUT2D eigenvalue weighted by Crippen LogP contribution is -2.43. The fourth-order valence-electron chi connectivity index (χ4n) is 1.95. The van der Waals surface area contributed by atoms with E-state index < -0.39 is 0 Å². The van der Waals surface area contributed by atoms with Gasteiger partial charge in [-0.3, -0.25) is 9.69 Å². The van der Waals surface area contributed by atoms with Crippen LogP contribution in [0.1, 0.15) is 33.6 Å². The molecule has 0 spiro atoms. The third-order valence-electron chi connectivity index (χ3n) is 2.37. The van der Waals surface area contributed by atoms with Gasteiger partial charge < -0.3 is 5.73 Å². The Morgan fingerprint density at radius 3 is 2.62 bits per heavy atom. The average molecular weight is 186 g/mol. The number of hydrogen-bond acceptors (Lipinski definition) is 2. The van der Waals surface area contributed by atoms with Gasteiger partial charge >= 0.3 is 0 Å². The molecule has 1 saturated heterocycles. The first-order chi connectivity index (χ1) is 5.90. The molecular weight excluding hydrogens is 166 g/mol. The highest BCUT2D eigenvalue weighted by Crippen LogP contribution is 2.23. The molecule has 76 valence electrons. The van der Waals surface area contributed by atoms with Crippen molar-refractivity contribution < 1.29 is 4.79 Å². The molecule has 0 saturated carbocycles. The molecule has 13 heavy (non-hydrogen) atoms. The van der Waals surface area contributed by atoms with Crippen LogP contribution in [0.15, 0.2) is 0 Å². The van der Waals surface area contributed by atoms with E-state index in [0.29, 0.717) is 0 Å². The number of nitrogens with two attached hydrogens (primary N) is 1. The summed E-state index contributed by atoms with van der Waals surface area (Å²) in [6, 6.07) is -0.0146. The molecule has 0 aliphatic carbocycles. The Bertz CT molecular complexity index is 196. The van der Waals surface area contributed by atoms with Crippen molar-refractivity contribution >= 4 is 5.91 Å². The van der Waals surface area contributed by atoms with Crippen molar-refractivity contribution in [1.29, 1.82) is 0 Å². The van der Waals surface area contributed by atoms with Gasteiger partial charge in [-0.25, -0.2) is 0 Å². The van der Waals surface area contributed by atoms with Gasteiger partial charge in [-0.05, 0) is 24.8 Å². The van der Waals surface area contributed by atoms with Gasteiger partial charge in [-0.2, -0.15) is 0 Å². The van der Waals surface area contributed by atoms with Crippen molar-refractivity contribution in [3.63, 3.8) is 0 Å². The zero-order valence-electron chi connectivity index (χ0n) is 8.84. The van der Waals surface area contributed by atoms with Gasteiger partial charge in [0.1, 0.15) is 0 Å². The molecule has 1 aliphatic heterocycles. The van der Waals surface area contributed by atoms with Gasteiger partial charge in [-0.15, -0.1) is 0 Å². The van der Waals surface area contributed by atoms with Crippen LogP contribution in [0.25, 0.3) is 0 Å².